The van der Waals surface area contributed by atoms with Crippen molar-refractivity contribution in [1.82, 2.24) is 4.57 Å². The molecule has 0 amide bonds. The van der Waals surface area contributed by atoms with Crippen LogP contribution in [0, 0.1) is 0 Å². The van der Waals surface area contributed by atoms with Gasteiger partial charge in [-0.2, -0.15) is 0 Å². The molecule has 0 spiro atoms. The van der Waals surface area contributed by atoms with E-state index in [9.17, 15) is 5.11 Å². The first-order valence-electron chi connectivity index (χ1n) is 4.84. The first-order chi connectivity index (χ1) is 6.75. The van der Waals surface area contributed by atoms with Crippen molar-refractivity contribution in [3.63, 3.8) is 0 Å². The lowest BCUT2D eigenvalue weighted by atomic mass is 10.2. The van der Waals surface area contributed by atoms with Gasteiger partial charge in [0.05, 0.1) is 11.7 Å². The highest BCUT2D eigenvalue weighted by atomic mass is 16.3. The monoisotopic (exact) mass is 188 g/mol. The first kappa shape index (κ1) is 7.88. The van der Waals surface area contributed by atoms with Gasteiger partial charge in [0.1, 0.15) is 5.75 Å². The largest absolute Gasteiger partial charge is 0.508 e. The molecule has 0 saturated carbocycles. The summed E-state index contributed by atoms with van der Waals surface area (Å²) < 4.78 is 2.12. The second-order valence-corrected chi connectivity index (χ2v) is 3.85. The highest BCUT2D eigenvalue weighted by Gasteiger charge is 2.20. The normalized spacial score (nSPS) is 20.2. The highest BCUT2D eigenvalue weighted by Crippen LogP contribution is 2.32. The molecule has 1 aliphatic rings. The van der Waals surface area contributed by atoms with Crippen molar-refractivity contribution in [2.75, 3.05) is 0 Å². The Morgan fingerprint density at radius 3 is 3.07 bits per heavy atom. The molecule has 0 radical (unpaired) electrons. The van der Waals surface area contributed by atoms with E-state index in [1.54, 1.807) is 12.1 Å². The van der Waals surface area contributed by atoms with Crippen LogP contribution in [0.5, 0.6) is 5.75 Å². The van der Waals surface area contributed by atoms with E-state index in [4.69, 9.17) is 5.73 Å². The van der Waals surface area contributed by atoms with Gasteiger partial charge in [0.25, 0.3) is 0 Å². The summed E-state index contributed by atoms with van der Waals surface area (Å²) in [5.74, 6) is 0.303. The molecule has 1 aliphatic heterocycles. The van der Waals surface area contributed by atoms with Gasteiger partial charge < -0.3 is 15.4 Å². The van der Waals surface area contributed by atoms with E-state index in [2.05, 4.69) is 10.6 Å². The van der Waals surface area contributed by atoms with Crippen LogP contribution < -0.4 is 5.73 Å². The fourth-order valence-corrected chi connectivity index (χ4v) is 2.28. The minimum absolute atomic E-state index is 0.0734. The zero-order valence-electron chi connectivity index (χ0n) is 7.77. The third kappa shape index (κ3) is 0.902. The zero-order valence-corrected chi connectivity index (χ0v) is 7.77. The summed E-state index contributed by atoms with van der Waals surface area (Å²) in [6, 6.07) is 7.58. The summed E-state index contributed by atoms with van der Waals surface area (Å²) in [7, 11) is 0. The average Bonchev–Trinajstić information content (AvgIpc) is 2.67. The van der Waals surface area contributed by atoms with E-state index in [-0.39, 0.29) is 6.17 Å². The molecule has 0 saturated heterocycles. The Morgan fingerprint density at radius 2 is 2.21 bits per heavy atom. The Balaban J connectivity index is 2.38. The molecule has 3 nitrogen and oxygen atoms in total. The van der Waals surface area contributed by atoms with Crippen molar-refractivity contribution in [3.05, 3.63) is 30.0 Å². The van der Waals surface area contributed by atoms with Crippen LogP contribution in [-0.2, 0) is 6.42 Å². The van der Waals surface area contributed by atoms with Crippen molar-refractivity contribution < 1.29 is 5.11 Å². The van der Waals surface area contributed by atoms with Crippen LogP contribution in [0.1, 0.15) is 18.3 Å². The Morgan fingerprint density at radius 1 is 1.36 bits per heavy atom. The number of aromatic hydroxyl groups is 1. The molecule has 0 fully saturated rings. The Kier molecular flexibility index (Phi) is 1.42. The van der Waals surface area contributed by atoms with Gasteiger partial charge in [0.2, 0.25) is 0 Å². The maximum atomic E-state index is 9.41. The lowest BCUT2D eigenvalue weighted by Gasteiger charge is -2.08. The number of aryl methyl sites for hydroxylation is 1. The molecule has 1 atom stereocenters. The van der Waals surface area contributed by atoms with Crippen LogP contribution in [0.3, 0.4) is 0 Å². The smallest absolute Gasteiger partial charge is 0.117 e. The lowest BCUT2D eigenvalue weighted by molar-refractivity contribution is 0.475. The molecule has 3 N–H and O–H groups in total. The highest BCUT2D eigenvalue weighted by molar-refractivity contribution is 5.83. The van der Waals surface area contributed by atoms with Crippen LogP contribution >= 0.6 is 0 Å². The van der Waals surface area contributed by atoms with Crippen molar-refractivity contribution in [2.45, 2.75) is 19.0 Å². The number of phenols is 1. The SMILES string of the molecule is NC1CCc2cc3ccc(O)cc3n21. The molecule has 0 bridgehead atoms. The standard InChI is InChI=1S/C11H12N2O/c12-11-4-2-8-5-7-1-3-9(14)6-10(7)13(8)11/h1,3,5-6,11,14H,2,4,12H2. The molecule has 3 heteroatoms. The van der Waals surface area contributed by atoms with E-state index in [0.717, 1.165) is 23.7 Å². The molecule has 1 aromatic carbocycles. The van der Waals surface area contributed by atoms with E-state index in [1.165, 1.54) is 5.69 Å². The Hall–Kier alpha value is -1.48. The second kappa shape index (κ2) is 2.51. The van der Waals surface area contributed by atoms with Gasteiger partial charge in [0.15, 0.2) is 0 Å². The summed E-state index contributed by atoms with van der Waals surface area (Å²) in [6.45, 7) is 0. The van der Waals surface area contributed by atoms with Gasteiger partial charge in [-0.05, 0) is 31.0 Å². The second-order valence-electron chi connectivity index (χ2n) is 3.85. The molecule has 1 aromatic heterocycles. The predicted octanol–water partition coefficient (Wildman–Crippen LogP) is 1.75. The molecule has 14 heavy (non-hydrogen) atoms. The zero-order chi connectivity index (χ0) is 9.71. The number of nitrogens with two attached hydrogens (primary N) is 1. The molecular formula is C11H12N2O. The van der Waals surface area contributed by atoms with Crippen LogP contribution in [0.15, 0.2) is 24.3 Å². The molecule has 2 heterocycles. The number of hydrogen-bond acceptors (Lipinski definition) is 2. The summed E-state index contributed by atoms with van der Waals surface area (Å²) >= 11 is 0. The van der Waals surface area contributed by atoms with E-state index in [0.29, 0.717) is 5.75 Å². The van der Waals surface area contributed by atoms with Gasteiger partial charge in [-0.1, -0.05) is 0 Å². The molecule has 72 valence electrons. The minimum Gasteiger partial charge on any atom is -0.508 e. The molecule has 0 aliphatic carbocycles. The maximum absolute atomic E-state index is 9.41. The van der Waals surface area contributed by atoms with Crippen molar-refractivity contribution in [3.8, 4) is 5.75 Å². The van der Waals surface area contributed by atoms with Gasteiger partial charge in [-0.15, -0.1) is 0 Å². The predicted molar refractivity (Wildman–Crippen MR) is 55.1 cm³/mol. The van der Waals surface area contributed by atoms with Crippen LogP contribution in [-0.4, -0.2) is 9.67 Å². The van der Waals surface area contributed by atoms with Crippen molar-refractivity contribution in [2.24, 2.45) is 5.73 Å². The van der Waals surface area contributed by atoms with Crippen molar-refractivity contribution in [1.29, 1.82) is 0 Å². The third-order valence-electron chi connectivity index (χ3n) is 2.93. The fourth-order valence-electron chi connectivity index (χ4n) is 2.28. The van der Waals surface area contributed by atoms with Crippen LogP contribution in [0.4, 0.5) is 0 Å². The number of hydrogen-bond donors (Lipinski definition) is 2. The van der Waals surface area contributed by atoms with Gasteiger partial charge in [0, 0.05) is 17.1 Å². The van der Waals surface area contributed by atoms with Crippen molar-refractivity contribution >= 4 is 10.9 Å². The minimum atomic E-state index is 0.0734. The van der Waals surface area contributed by atoms with Gasteiger partial charge in [-0.3, -0.25) is 0 Å². The van der Waals surface area contributed by atoms with E-state index >= 15 is 0 Å². The number of benzene rings is 1. The molecule has 1 unspecified atom stereocenters. The summed E-state index contributed by atoms with van der Waals surface area (Å²) in [6.07, 6.45) is 2.11. The number of aromatic nitrogens is 1. The number of rotatable bonds is 0. The lowest BCUT2D eigenvalue weighted by Crippen LogP contribution is -2.13. The van der Waals surface area contributed by atoms with Crippen LogP contribution in [0.2, 0.25) is 0 Å². The fraction of sp³-hybridized carbons (Fsp3) is 0.273. The Bertz CT molecular complexity index is 501. The average molecular weight is 188 g/mol. The first-order valence-corrected chi connectivity index (χ1v) is 4.84. The third-order valence-corrected chi connectivity index (χ3v) is 2.93. The van der Waals surface area contributed by atoms with Gasteiger partial charge in [-0.25, -0.2) is 0 Å². The molecule has 3 rings (SSSR count). The summed E-state index contributed by atoms with van der Waals surface area (Å²) in [4.78, 5) is 0. The number of nitrogens with zero attached hydrogens (tertiary/aromatic N) is 1. The number of fused-ring (bicyclic) bond motifs is 3. The Labute approximate surface area is 81.8 Å². The van der Waals surface area contributed by atoms with E-state index < -0.39 is 0 Å². The summed E-state index contributed by atoms with van der Waals surface area (Å²) in [5.41, 5.74) is 8.31. The molecule has 2 aromatic rings. The quantitative estimate of drug-likeness (QED) is 0.661. The topological polar surface area (TPSA) is 51.2 Å². The van der Waals surface area contributed by atoms with Gasteiger partial charge >= 0.3 is 0 Å². The maximum Gasteiger partial charge on any atom is 0.117 e. The van der Waals surface area contributed by atoms with E-state index in [1.807, 2.05) is 6.07 Å². The summed E-state index contributed by atoms with van der Waals surface area (Å²) in [5, 5.41) is 10.6. The number of phenolic OH excluding ortho intramolecular Hbond substituents is 1. The molecular weight excluding hydrogens is 176 g/mol. The van der Waals surface area contributed by atoms with Crippen LogP contribution in [0.25, 0.3) is 10.9 Å².